The first-order valence-electron chi connectivity index (χ1n) is 26.0. The van der Waals surface area contributed by atoms with Crippen LogP contribution in [0, 0.1) is 5.92 Å². The lowest BCUT2D eigenvalue weighted by Crippen LogP contribution is -2.64. The Bertz CT molecular complexity index is 2490. The molecule has 5 aromatic carbocycles. The van der Waals surface area contributed by atoms with Crippen molar-refractivity contribution in [1.29, 1.82) is 0 Å². The molecular weight excluding hydrogens is 881 g/mol. The number of carboxylic acid groups (broad SMARTS) is 2. The normalized spacial score (nSPS) is 20.5. The lowest BCUT2D eigenvalue weighted by Gasteiger charge is -2.56. The van der Waals surface area contributed by atoms with Crippen molar-refractivity contribution in [3.05, 3.63) is 118 Å². The Labute approximate surface area is 414 Å². The molecule has 2 heterocycles. The van der Waals surface area contributed by atoms with Gasteiger partial charge in [0.05, 0.1) is 7.11 Å². The third-order valence-electron chi connectivity index (χ3n) is 15.5. The van der Waals surface area contributed by atoms with E-state index in [0.29, 0.717) is 44.6 Å². The standard InChI is InChI=1S/C23H16O6.C18H21NO3.C18H39N/c24-20-16(14-7-3-1-5-12(14)9-18(20)22(26)27)11-17-15-8-4-2-6-13(15)10-19(21(17)25)23(28)29;1-19-8-7-18-11-4-5-13(20)17(18)22-16-14(21-2)6-3-10(15(16)18)9-12(11)19;1-2-3-4-5-6-7-8-9-10-11-12-13-14-15-16-17-18-19/h1-10,24-25H,11H2,(H,26,27)(H,28,29);3-6,11-13,17,20H,7-9H2,1-2H3;2-19H2,1H3/t;11-,12+,13-,17-,18-;/m.0./s1. The second kappa shape index (κ2) is 24.5. The van der Waals surface area contributed by atoms with Crippen molar-refractivity contribution >= 4 is 33.5 Å². The Morgan fingerprint density at radius 3 is 1.71 bits per heavy atom. The number of nitrogens with two attached hydrogens (primary N) is 1. The Balaban J connectivity index is 0.000000159. The van der Waals surface area contributed by atoms with E-state index in [1.165, 1.54) is 126 Å². The zero-order valence-electron chi connectivity index (χ0n) is 41.6. The van der Waals surface area contributed by atoms with E-state index in [9.17, 15) is 35.1 Å². The first-order chi connectivity index (χ1) is 34.0. The number of aliphatic hydroxyl groups excluding tert-OH is 1. The predicted octanol–water partition coefficient (Wildman–Crippen LogP) is 12.1. The maximum atomic E-state index is 11.6. The van der Waals surface area contributed by atoms with Crippen molar-refractivity contribution in [2.45, 2.75) is 153 Å². The highest BCUT2D eigenvalue weighted by molar-refractivity contribution is 6.02. The second-order valence-corrected chi connectivity index (χ2v) is 19.9. The largest absolute Gasteiger partial charge is 0.507 e. The zero-order chi connectivity index (χ0) is 49.8. The van der Waals surface area contributed by atoms with Gasteiger partial charge in [0.25, 0.3) is 0 Å². The third kappa shape index (κ3) is 11.3. The van der Waals surface area contributed by atoms with Gasteiger partial charge in [-0.3, -0.25) is 0 Å². The highest BCUT2D eigenvalue weighted by Crippen LogP contribution is 2.62. The number of rotatable bonds is 21. The molecule has 0 saturated carbocycles. The average molecular weight is 957 g/mol. The molecule has 1 spiro atoms. The molecule has 2 aliphatic heterocycles. The van der Waals surface area contributed by atoms with Gasteiger partial charge >= 0.3 is 11.9 Å². The summed E-state index contributed by atoms with van der Waals surface area (Å²) in [6, 6.07) is 21.5. The summed E-state index contributed by atoms with van der Waals surface area (Å²) in [5.41, 5.74) is 8.20. The number of methoxy groups -OCH3 is 1. The fourth-order valence-electron chi connectivity index (χ4n) is 11.8. The highest BCUT2D eigenvalue weighted by Gasteiger charge is 2.64. The minimum absolute atomic E-state index is 0.0407. The topological polar surface area (TPSA) is 183 Å². The lowest BCUT2D eigenvalue weighted by molar-refractivity contribution is -0.0453. The van der Waals surface area contributed by atoms with Crippen LogP contribution in [0.15, 0.2) is 84.9 Å². The molecule has 11 nitrogen and oxygen atoms in total. The van der Waals surface area contributed by atoms with E-state index in [0.717, 1.165) is 37.4 Å². The van der Waals surface area contributed by atoms with E-state index in [-0.39, 0.29) is 29.1 Å². The van der Waals surface area contributed by atoms with Crippen molar-refractivity contribution in [3.8, 4) is 23.0 Å². The summed E-state index contributed by atoms with van der Waals surface area (Å²) in [4.78, 5) is 25.7. The van der Waals surface area contributed by atoms with Crippen LogP contribution in [0.25, 0.3) is 21.5 Å². The van der Waals surface area contributed by atoms with Gasteiger partial charge < -0.3 is 45.6 Å². The smallest absolute Gasteiger partial charge is 0.339 e. The fraction of sp³-hybridized carbons (Fsp3) is 0.492. The van der Waals surface area contributed by atoms with Crippen molar-refractivity contribution in [2.24, 2.45) is 11.7 Å². The van der Waals surface area contributed by atoms with Crippen LogP contribution in [0.2, 0.25) is 0 Å². The molecule has 2 aliphatic carbocycles. The molecule has 1 fully saturated rings. The summed E-state index contributed by atoms with van der Waals surface area (Å²) in [5, 5.41) is 53.4. The van der Waals surface area contributed by atoms with E-state index in [1.54, 1.807) is 55.6 Å². The second-order valence-electron chi connectivity index (χ2n) is 19.9. The van der Waals surface area contributed by atoms with Crippen LogP contribution in [0.3, 0.4) is 0 Å². The number of aromatic carboxylic acids is 2. The number of nitrogens with zero attached hydrogens (tertiary/aromatic N) is 1. The number of aliphatic hydroxyl groups is 1. The van der Waals surface area contributed by atoms with Crippen molar-refractivity contribution in [1.82, 2.24) is 4.90 Å². The number of carbonyl (C=O) groups is 2. The van der Waals surface area contributed by atoms with Crippen LogP contribution in [0.4, 0.5) is 0 Å². The van der Waals surface area contributed by atoms with Gasteiger partial charge in [0, 0.05) is 40.5 Å². The van der Waals surface area contributed by atoms with E-state index in [1.807, 2.05) is 12.1 Å². The van der Waals surface area contributed by atoms with E-state index >= 15 is 0 Å². The van der Waals surface area contributed by atoms with E-state index < -0.39 is 29.5 Å². The maximum Gasteiger partial charge on any atom is 0.339 e. The Kier molecular flexibility index (Phi) is 18.3. The predicted molar refractivity (Wildman–Crippen MR) is 279 cm³/mol. The van der Waals surface area contributed by atoms with Gasteiger partial charge in [-0.2, -0.15) is 0 Å². The molecule has 0 aromatic heterocycles. The van der Waals surface area contributed by atoms with Crippen LogP contribution in [0.1, 0.15) is 159 Å². The average Bonchev–Trinajstić information content (AvgIpc) is 3.72. The summed E-state index contributed by atoms with van der Waals surface area (Å²) < 4.78 is 11.8. The zero-order valence-corrected chi connectivity index (χ0v) is 41.6. The molecule has 7 N–H and O–H groups in total. The van der Waals surface area contributed by atoms with Gasteiger partial charge in [0.15, 0.2) is 11.5 Å². The molecular formula is C59H76N2O9. The molecule has 9 rings (SSSR count). The van der Waals surface area contributed by atoms with Gasteiger partial charge in [-0.05, 0) is 84.7 Å². The number of likely N-dealkylation sites (tertiary alicyclic amines) is 1. The summed E-state index contributed by atoms with van der Waals surface area (Å²) >= 11 is 0. The minimum atomic E-state index is -1.28. The van der Waals surface area contributed by atoms with Gasteiger partial charge in [0.1, 0.15) is 34.8 Å². The number of unbranched alkanes of at least 4 members (excludes halogenated alkanes) is 15. The number of hydrogen-bond acceptors (Lipinski definition) is 9. The van der Waals surface area contributed by atoms with Gasteiger partial charge in [-0.1, -0.05) is 170 Å². The van der Waals surface area contributed by atoms with Gasteiger partial charge in [0.2, 0.25) is 0 Å². The van der Waals surface area contributed by atoms with E-state index in [2.05, 4.69) is 31.0 Å². The molecule has 0 amide bonds. The quantitative estimate of drug-likeness (QED) is 0.0304. The van der Waals surface area contributed by atoms with Gasteiger partial charge in [-0.15, -0.1) is 0 Å². The molecule has 1 saturated heterocycles. The summed E-state index contributed by atoms with van der Waals surface area (Å²) in [5.74, 6) is -1.27. The molecule has 2 bridgehead atoms. The number of piperidine rings is 1. The Morgan fingerprint density at radius 2 is 1.23 bits per heavy atom. The van der Waals surface area contributed by atoms with Crippen LogP contribution >= 0.6 is 0 Å². The van der Waals surface area contributed by atoms with Gasteiger partial charge in [-0.25, -0.2) is 9.59 Å². The molecule has 5 aromatic rings. The molecule has 4 aliphatic rings. The van der Waals surface area contributed by atoms with Crippen LogP contribution < -0.4 is 15.2 Å². The molecule has 376 valence electrons. The number of aromatic hydroxyl groups is 2. The summed E-state index contributed by atoms with van der Waals surface area (Å²) in [6.45, 7) is 4.22. The number of carboxylic acids is 2. The van der Waals surface area contributed by atoms with Crippen LogP contribution in [-0.2, 0) is 18.3 Å². The number of likely N-dealkylation sites (N-methyl/N-ethyl adjacent to an activating group) is 1. The number of ether oxygens (including phenoxy) is 2. The van der Waals surface area contributed by atoms with Crippen molar-refractivity contribution < 1.29 is 44.6 Å². The lowest BCUT2D eigenvalue weighted by atomic mass is 9.53. The molecule has 11 heteroatoms. The van der Waals surface area contributed by atoms with Crippen molar-refractivity contribution in [3.63, 3.8) is 0 Å². The maximum absolute atomic E-state index is 11.6. The minimum Gasteiger partial charge on any atom is -0.507 e. The van der Waals surface area contributed by atoms with Crippen LogP contribution in [0.5, 0.6) is 23.0 Å². The molecule has 0 unspecified atom stereocenters. The number of fused-ring (bicyclic) bond motifs is 2. The Morgan fingerprint density at radius 1 is 0.729 bits per heavy atom. The summed E-state index contributed by atoms with van der Waals surface area (Å²) in [6.07, 6.45) is 28.3. The number of benzene rings is 5. The highest BCUT2D eigenvalue weighted by atomic mass is 16.5. The molecule has 70 heavy (non-hydrogen) atoms. The number of hydrogen-bond donors (Lipinski definition) is 6. The summed E-state index contributed by atoms with van der Waals surface area (Å²) in [7, 11) is 3.91. The first kappa shape index (κ1) is 52.2. The Hall–Kier alpha value is -5.62. The molecule has 5 atom stereocenters. The van der Waals surface area contributed by atoms with Crippen molar-refractivity contribution in [2.75, 3.05) is 27.2 Å². The van der Waals surface area contributed by atoms with Crippen LogP contribution in [-0.4, -0.2) is 87.9 Å². The SMILES string of the molecule is CCCCCCCCCCCCCCCCCCN.COc1ccc2c3c1O[C@H]1[C@@H](O)C=C[C@H]4[C@@H](C2)N(C)CC[C@@]341.O=C(O)c1cc2ccccc2c(Cc2c(O)c(C(=O)O)cc3ccccc23)c1O. The monoisotopic (exact) mass is 957 g/mol. The van der Waals surface area contributed by atoms with E-state index in [4.69, 9.17) is 15.2 Å². The first-order valence-corrected chi connectivity index (χ1v) is 26.0. The number of phenols is 2. The molecule has 0 radical (unpaired) electrons. The third-order valence-corrected chi connectivity index (χ3v) is 15.5. The fourth-order valence-corrected chi connectivity index (χ4v) is 11.8.